The van der Waals surface area contributed by atoms with E-state index in [2.05, 4.69) is 27.5 Å². The van der Waals surface area contributed by atoms with Gasteiger partial charge in [0.25, 0.3) is 5.91 Å². The summed E-state index contributed by atoms with van der Waals surface area (Å²) in [5, 5.41) is 6.49. The lowest BCUT2D eigenvalue weighted by Crippen LogP contribution is -2.38. The average molecular weight is 529 g/mol. The Balaban J connectivity index is 0.00000420. The third kappa shape index (κ3) is 7.58. The van der Waals surface area contributed by atoms with Gasteiger partial charge in [-0.05, 0) is 45.4 Å². The fourth-order valence-corrected chi connectivity index (χ4v) is 3.48. The predicted octanol–water partition coefficient (Wildman–Crippen LogP) is 4.15. The van der Waals surface area contributed by atoms with E-state index < -0.39 is 0 Å². The minimum atomic E-state index is 0. The summed E-state index contributed by atoms with van der Waals surface area (Å²) in [5.74, 6) is 0.920. The molecule has 29 heavy (non-hydrogen) atoms. The molecular weight excluding hydrogens is 497 g/mol. The molecule has 0 fully saturated rings. The lowest BCUT2D eigenvalue weighted by Gasteiger charge is -2.21. The molecule has 1 heterocycles. The van der Waals surface area contributed by atoms with Crippen molar-refractivity contribution in [2.45, 2.75) is 40.8 Å². The van der Waals surface area contributed by atoms with Crippen molar-refractivity contribution in [1.29, 1.82) is 0 Å². The van der Waals surface area contributed by atoms with Crippen LogP contribution < -0.4 is 5.32 Å². The largest absolute Gasteiger partial charge is 0.357 e. The molecule has 1 N–H and O–H groups in total. The molecule has 1 amide bonds. The second kappa shape index (κ2) is 12.8. The van der Waals surface area contributed by atoms with E-state index in [1.54, 1.807) is 11.3 Å². The van der Waals surface area contributed by atoms with Gasteiger partial charge in [0.15, 0.2) is 5.96 Å². The summed E-state index contributed by atoms with van der Waals surface area (Å²) in [6.07, 6.45) is 0. The fourth-order valence-electron chi connectivity index (χ4n) is 2.88. The number of carbonyl (C=O) groups is 1. The molecule has 0 spiro atoms. The number of carbonyl (C=O) groups excluding carboxylic acids is 1. The molecule has 0 saturated carbocycles. The van der Waals surface area contributed by atoms with Gasteiger partial charge in [0.1, 0.15) is 0 Å². The minimum Gasteiger partial charge on any atom is -0.357 e. The third-order valence-corrected chi connectivity index (χ3v) is 5.25. The summed E-state index contributed by atoms with van der Waals surface area (Å²) in [7, 11) is 2.02. The number of thiazole rings is 1. The molecular formula is C21H32IN5OS. The van der Waals surface area contributed by atoms with Crippen molar-refractivity contribution in [3.8, 4) is 0 Å². The number of aryl methyl sites for hydroxylation is 1. The second-order valence-electron chi connectivity index (χ2n) is 6.56. The first kappa shape index (κ1) is 25.4. The van der Waals surface area contributed by atoms with Gasteiger partial charge in [-0.15, -0.1) is 35.3 Å². The molecule has 0 unspecified atom stereocenters. The van der Waals surface area contributed by atoms with Gasteiger partial charge in [0.2, 0.25) is 0 Å². The van der Waals surface area contributed by atoms with Gasteiger partial charge >= 0.3 is 0 Å². The number of hydrogen-bond acceptors (Lipinski definition) is 4. The van der Waals surface area contributed by atoms with Crippen molar-refractivity contribution in [3.63, 3.8) is 0 Å². The Kier molecular flexibility index (Phi) is 11.2. The Morgan fingerprint density at radius 2 is 1.83 bits per heavy atom. The molecule has 0 aliphatic heterocycles. The number of guanidine groups is 1. The molecule has 0 saturated heterocycles. The van der Waals surface area contributed by atoms with Gasteiger partial charge in [-0.2, -0.15) is 0 Å². The zero-order valence-corrected chi connectivity index (χ0v) is 21.1. The van der Waals surface area contributed by atoms with E-state index >= 15 is 0 Å². The summed E-state index contributed by atoms with van der Waals surface area (Å²) in [6.45, 7) is 11.6. The minimum absolute atomic E-state index is 0. The number of aliphatic imine (C=N–C) groups is 1. The highest BCUT2D eigenvalue weighted by atomic mass is 127. The van der Waals surface area contributed by atoms with Crippen molar-refractivity contribution in [3.05, 3.63) is 51.5 Å². The Hall–Kier alpha value is -1.68. The standard InChI is InChI=1S/C21H31N5OS.HI/c1-6-22-21(25(5)14-19-15-28-16(4)24-19)23-13-17-9-11-18(12-10-17)20(27)26(7-2)8-3;/h9-12,15H,6-8,13-14H2,1-5H3,(H,22,23);1H. The first-order chi connectivity index (χ1) is 13.5. The number of aromatic nitrogens is 1. The second-order valence-corrected chi connectivity index (χ2v) is 7.62. The number of nitrogens with zero attached hydrogens (tertiary/aromatic N) is 4. The van der Waals surface area contributed by atoms with Crippen LogP contribution in [0.4, 0.5) is 0 Å². The highest BCUT2D eigenvalue weighted by Gasteiger charge is 2.12. The van der Waals surface area contributed by atoms with Gasteiger partial charge in [0, 0.05) is 37.6 Å². The molecule has 8 heteroatoms. The van der Waals surface area contributed by atoms with Crippen LogP contribution in [0.5, 0.6) is 0 Å². The molecule has 0 bridgehead atoms. The van der Waals surface area contributed by atoms with E-state index in [0.29, 0.717) is 13.1 Å². The van der Waals surface area contributed by atoms with Gasteiger partial charge in [-0.25, -0.2) is 9.98 Å². The van der Waals surface area contributed by atoms with Crippen LogP contribution in [0.2, 0.25) is 0 Å². The number of halogens is 1. The molecule has 1 aromatic carbocycles. The van der Waals surface area contributed by atoms with E-state index in [4.69, 9.17) is 4.99 Å². The average Bonchev–Trinajstić information content (AvgIpc) is 3.10. The molecule has 1 aromatic heterocycles. The van der Waals surface area contributed by atoms with E-state index in [1.165, 1.54) is 0 Å². The zero-order valence-electron chi connectivity index (χ0n) is 17.9. The molecule has 2 aromatic rings. The highest BCUT2D eigenvalue weighted by molar-refractivity contribution is 14.0. The number of rotatable bonds is 8. The van der Waals surface area contributed by atoms with Gasteiger partial charge in [0.05, 0.1) is 23.8 Å². The highest BCUT2D eigenvalue weighted by Crippen LogP contribution is 2.11. The molecule has 0 aliphatic rings. The van der Waals surface area contributed by atoms with Crippen molar-refractivity contribution in [1.82, 2.24) is 20.1 Å². The van der Waals surface area contributed by atoms with E-state index in [-0.39, 0.29) is 29.9 Å². The van der Waals surface area contributed by atoms with Crippen molar-refractivity contribution in [2.24, 2.45) is 4.99 Å². The predicted molar refractivity (Wildman–Crippen MR) is 132 cm³/mol. The van der Waals surface area contributed by atoms with Gasteiger partial charge in [-0.1, -0.05) is 12.1 Å². The van der Waals surface area contributed by atoms with Crippen LogP contribution in [0.15, 0.2) is 34.6 Å². The van der Waals surface area contributed by atoms with Crippen LogP contribution in [0, 0.1) is 6.92 Å². The smallest absolute Gasteiger partial charge is 0.253 e. The van der Waals surface area contributed by atoms with Gasteiger partial charge in [-0.3, -0.25) is 4.79 Å². The molecule has 0 radical (unpaired) electrons. The lowest BCUT2D eigenvalue weighted by molar-refractivity contribution is 0.0773. The molecule has 0 aliphatic carbocycles. The summed E-state index contributed by atoms with van der Waals surface area (Å²) in [4.78, 5) is 25.6. The van der Waals surface area contributed by atoms with Crippen molar-refractivity contribution >= 4 is 47.2 Å². The topological polar surface area (TPSA) is 60.8 Å². The number of benzene rings is 1. The van der Waals surface area contributed by atoms with E-state index in [0.717, 1.165) is 47.4 Å². The van der Waals surface area contributed by atoms with Crippen LogP contribution in [0.3, 0.4) is 0 Å². The maximum Gasteiger partial charge on any atom is 0.253 e. The monoisotopic (exact) mass is 529 g/mol. The van der Waals surface area contributed by atoms with Crippen LogP contribution >= 0.6 is 35.3 Å². The van der Waals surface area contributed by atoms with E-state index in [1.807, 2.05) is 57.0 Å². The maximum atomic E-state index is 12.4. The molecule has 2 rings (SSSR count). The maximum absolute atomic E-state index is 12.4. The Morgan fingerprint density at radius 3 is 2.34 bits per heavy atom. The molecule has 0 atom stereocenters. The van der Waals surface area contributed by atoms with Crippen molar-refractivity contribution in [2.75, 3.05) is 26.7 Å². The van der Waals surface area contributed by atoms with Crippen LogP contribution in [0.1, 0.15) is 47.4 Å². The summed E-state index contributed by atoms with van der Waals surface area (Å²) >= 11 is 1.66. The Bertz CT molecular complexity index is 787. The lowest BCUT2D eigenvalue weighted by atomic mass is 10.1. The zero-order chi connectivity index (χ0) is 20.5. The summed E-state index contributed by atoms with van der Waals surface area (Å²) in [5.41, 5.74) is 2.85. The summed E-state index contributed by atoms with van der Waals surface area (Å²) < 4.78 is 0. The van der Waals surface area contributed by atoms with E-state index in [9.17, 15) is 4.79 Å². The van der Waals surface area contributed by atoms with Crippen LogP contribution in [0.25, 0.3) is 0 Å². The molecule has 6 nitrogen and oxygen atoms in total. The third-order valence-electron chi connectivity index (χ3n) is 4.43. The SMILES string of the molecule is CCNC(=NCc1ccc(C(=O)N(CC)CC)cc1)N(C)Cc1csc(C)n1.I. The van der Waals surface area contributed by atoms with Crippen LogP contribution in [-0.2, 0) is 13.1 Å². The fraction of sp³-hybridized carbons (Fsp3) is 0.476. The normalized spacial score (nSPS) is 11.0. The number of nitrogens with one attached hydrogen (secondary N) is 1. The Labute approximate surface area is 195 Å². The number of hydrogen-bond donors (Lipinski definition) is 1. The Morgan fingerprint density at radius 1 is 1.17 bits per heavy atom. The molecule has 160 valence electrons. The summed E-state index contributed by atoms with van der Waals surface area (Å²) in [6, 6.07) is 7.74. The quantitative estimate of drug-likeness (QED) is 0.317. The van der Waals surface area contributed by atoms with Crippen LogP contribution in [-0.4, -0.2) is 53.3 Å². The first-order valence-electron chi connectivity index (χ1n) is 9.77. The number of amides is 1. The van der Waals surface area contributed by atoms with Gasteiger partial charge < -0.3 is 15.1 Å². The first-order valence-corrected chi connectivity index (χ1v) is 10.6. The van der Waals surface area contributed by atoms with Crippen molar-refractivity contribution < 1.29 is 4.79 Å².